The summed E-state index contributed by atoms with van der Waals surface area (Å²) in [4.78, 5) is 15.0. The van der Waals surface area contributed by atoms with Crippen LogP contribution < -0.4 is 10.1 Å². The Bertz CT molecular complexity index is 932. The minimum absolute atomic E-state index is 0.0438. The summed E-state index contributed by atoms with van der Waals surface area (Å²) in [6.07, 6.45) is 1.65. The molecular weight excluding hydrogens is 370 g/mol. The van der Waals surface area contributed by atoms with E-state index in [0.717, 1.165) is 24.5 Å². The molecule has 8 heteroatoms. The van der Waals surface area contributed by atoms with Crippen molar-refractivity contribution in [1.82, 2.24) is 25.2 Å². The van der Waals surface area contributed by atoms with E-state index in [2.05, 4.69) is 34.4 Å². The van der Waals surface area contributed by atoms with Crippen molar-refractivity contribution in [2.75, 3.05) is 26.7 Å². The van der Waals surface area contributed by atoms with Crippen molar-refractivity contribution < 1.29 is 13.9 Å². The number of amides is 1. The number of nitrogens with zero attached hydrogens (tertiary/aromatic N) is 4. The van der Waals surface area contributed by atoms with Crippen LogP contribution in [0.15, 0.2) is 47.1 Å². The molecule has 0 spiro atoms. The Morgan fingerprint density at radius 3 is 2.72 bits per heavy atom. The molecule has 1 atom stereocenters. The van der Waals surface area contributed by atoms with Gasteiger partial charge in [0.15, 0.2) is 5.69 Å². The molecule has 1 unspecified atom stereocenters. The molecule has 2 heterocycles. The van der Waals surface area contributed by atoms with Gasteiger partial charge in [0.1, 0.15) is 11.5 Å². The van der Waals surface area contributed by atoms with Crippen molar-refractivity contribution in [1.29, 1.82) is 0 Å². The zero-order valence-corrected chi connectivity index (χ0v) is 17.3. The molecule has 1 aromatic carbocycles. The number of hydrogen-bond donors (Lipinski definition) is 1. The first-order valence-corrected chi connectivity index (χ1v) is 9.71. The van der Waals surface area contributed by atoms with Gasteiger partial charge >= 0.3 is 0 Å². The van der Waals surface area contributed by atoms with Gasteiger partial charge in [0.05, 0.1) is 30.8 Å². The molecule has 0 saturated heterocycles. The summed E-state index contributed by atoms with van der Waals surface area (Å²) in [5.74, 6) is 1.27. The number of rotatable bonds is 9. The maximum Gasteiger partial charge on any atom is 0.273 e. The standard InChI is InChI=1S/C21H27N5O3/c1-5-25(6-2)18(19-11-8-12-29-19)14-22-21(27)20-15(3)26(24-23-20)16-9-7-10-17(13-16)28-4/h7-13,18H,5-6,14H2,1-4H3,(H,22,27). The zero-order chi connectivity index (χ0) is 20.8. The molecule has 3 aromatic rings. The van der Waals surface area contributed by atoms with E-state index in [9.17, 15) is 4.79 Å². The molecule has 2 aromatic heterocycles. The fourth-order valence-corrected chi connectivity index (χ4v) is 3.35. The molecule has 0 aliphatic rings. The minimum atomic E-state index is -0.264. The number of nitrogens with one attached hydrogen (secondary N) is 1. The monoisotopic (exact) mass is 397 g/mol. The van der Waals surface area contributed by atoms with Gasteiger partial charge in [-0.2, -0.15) is 0 Å². The zero-order valence-electron chi connectivity index (χ0n) is 17.3. The van der Waals surface area contributed by atoms with E-state index in [1.54, 1.807) is 18.1 Å². The maximum atomic E-state index is 12.8. The second kappa shape index (κ2) is 9.38. The molecule has 8 nitrogen and oxygen atoms in total. The van der Waals surface area contributed by atoms with E-state index in [4.69, 9.17) is 9.15 Å². The van der Waals surface area contributed by atoms with Crippen LogP contribution in [0.1, 0.15) is 41.8 Å². The van der Waals surface area contributed by atoms with Crippen molar-refractivity contribution in [2.45, 2.75) is 26.8 Å². The van der Waals surface area contributed by atoms with E-state index in [-0.39, 0.29) is 11.9 Å². The fourth-order valence-electron chi connectivity index (χ4n) is 3.35. The first-order chi connectivity index (χ1) is 14.1. The van der Waals surface area contributed by atoms with Crippen LogP contribution in [0.4, 0.5) is 0 Å². The summed E-state index contributed by atoms with van der Waals surface area (Å²) < 4.78 is 12.5. The predicted molar refractivity (Wildman–Crippen MR) is 109 cm³/mol. The van der Waals surface area contributed by atoms with Crippen LogP contribution in [0.2, 0.25) is 0 Å². The number of ether oxygens (including phenoxy) is 1. The third-order valence-electron chi connectivity index (χ3n) is 4.99. The number of aromatic nitrogens is 3. The Balaban J connectivity index is 1.76. The van der Waals surface area contributed by atoms with E-state index >= 15 is 0 Å². The molecule has 0 saturated carbocycles. The van der Waals surface area contributed by atoms with Gasteiger partial charge in [-0.3, -0.25) is 9.69 Å². The lowest BCUT2D eigenvalue weighted by atomic mass is 10.1. The van der Waals surface area contributed by atoms with Crippen molar-refractivity contribution in [2.24, 2.45) is 0 Å². The number of hydrogen-bond acceptors (Lipinski definition) is 6. The Hall–Kier alpha value is -3.13. The van der Waals surface area contributed by atoms with Gasteiger partial charge in [0.2, 0.25) is 0 Å². The number of carbonyl (C=O) groups is 1. The lowest BCUT2D eigenvalue weighted by Crippen LogP contribution is -2.38. The SMILES string of the molecule is CCN(CC)C(CNC(=O)c1nnn(-c2cccc(OC)c2)c1C)c1ccco1. The van der Waals surface area contributed by atoms with Gasteiger partial charge in [-0.05, 0) is 44.3 Å². The van der Waals surface area contributed by atoms with Gasteiger partial charge in [-0.15, -0.1) is 5.10 Å². The lowest BCUT2D eigenvalue weighted by molar-refractivity contribution is 0.0924. The highest BCUT2D eigenvalue weighted by Gasteiger charge is 2.23. The molecule has 1 N–H and O–H groups in total. The van der Waals surface area contributed by atoms with Crippen molar-refractivity contribution in [3.63, 3.8) is 0 Å². The molecule has 0 fully saturated rings. The highest BCUT2D eigenvalue weighted by molar-refractivity contribution is 5.93. The average Bonchev–Trinajstić information content (AvgIpc) is 3.41. The van der Waals surface area contributed by atoms with Gasteiger partial charge < -0.3 is 14.5 Å². The van der Waals surface area contributed by atoms with Gasteiger partial charge in [-0.1, -0.05) is 25.1 Å². The van der Waals surface area contributed by atoms with Gasteiger partial charge in [0.25, 0.3) is 5.91 Å². The Morgan fingerprint density at radius 2 is 2.07 bits per heavy atom. The van der Waals surface area contributed by atoms with Crippen LogP contribution in [-0.2, 0) is 0 Å². The predicted octanol–water partition coefficient (Wildman–Crippen LogP) is 2.99. The highest BCUT2D eigenvalue weighted by Crippen LogP contribution is 2.21. The third kappa shape index (κ3) is 4.48. The van der Waals surface area contributed by atoms with E-state index in [1.165, 1.54) is 0 Å². The summed E-state index contributed by atoms with van der Waals surface area (Å²) in [5, 5.41) is 11.2. The van der Waals surface area contributed by atoms with Gasteiger partial charge in [0, 0.05) is 12.6 Å². The number of furan rings is 1. The first kappa shape index (κ1) is 20.6. The molecule has 0 aliphatic heterocycles. The fraction of sp³-hybridized carbons (Fsp3) is 0.381. The molecule has 1 amide bonds. The molecular formula is C21H27N5O3. The topological polar surface area (TPSA) is 85.4 Å². The molecule has 0 radical (unpaired) electrons. The van der Waals surface area contributed by atoms with E-state index < -0.39 is 0 Å². The highest BCUT2D eigenvalue weighted by atomic mass is 16.5. The lowest BCUT2D eigenvalue weighted by Gasteiger charge is -2.28. The van der Waals surface area contributed by atoms with Crippen molar-refractivity contribution in [3.05, 3.63) is 59.8 Å². The summed E-state index contributed by atoms with van der Waals surface area (Å²) >= 11 is 0. The van der Waals surface area contributed by atoms with Crippen LogP contribution in [0.5, 0.6) is 5.75 Å². The molecule has 3 rings (SSSR count). The Labute approximate surface area is 170 Å². The summed E-state index contributed by atoms with van der Waals surface area (Å²) in [7, 11) is 1.61. The first-order valence-electron chi connectivity index (χ1n) is 9.71. The van der Waals surface area contributed by atoms with Crippen molar-refractivity contribution in [3.8, 4) is 11.4 Å². The number of benzene rings is 1. The number of carbonyl (C=O) groups excluding carboxylic acids is 1. The van der Waals surface area contributed by atoms with Gasteiger partial charge in [-0.25, -0.2) is 4.68 Å². The van der Waals surface area contributed by atoms with Crippen LogP contribution in [0, 0.1) is 6.92 Å². The second-order valence-corrected chi connectivity index (χ2v) is 6.60. The molecule has 29 heavy (non-hydrogen) atoms. The van der Waals surface area contributed by atoms with Crippen LogP contribution >= 0.6 is 0 Å². The average molecular weight is 397 g/mol. The Morgan fingerprint density at radius 1 is 1.28 bits per heavy atom. The van der Waals surface area contributed by atoms with E-state index in [1.807, 2.05) is 43.3 Å². The smallest absolute Gasteiger partial charge is 0.273 e. The summed E-state index contributed by atoms with van der Waals surface area (Å²) in [6, 6.07) is 11.2. The quantitative estimate of drug-likeness (QED) is 0.597. The van der Waals surface area contributed by atoms with Crippen molar-refractivity contribution >= 4 is 5.91 Å². The summed E-state index contributed by atoms with van der Waals surface area (Å²) in [6.45, 7) is 8.12. The normalized spacial score (nSPS) is 12.2. The number of methoxy groups -OCH3 is 1. The minimum Gasteiger partial charge on any atom is -0.497 e. The molecule has 0 aliphatic carbocycles. The number of likely N-dealkylation sites (N-methyl/N-ethyl adjacent to an activating group) is 1. The second-order valence-electron chi connectivity index (χ2n) is 6.60. The van der Waals surface area contributed by atoms with Crippen LogP contribution in [0.25, 0.3) is 5.69 Å². The maximum absolute atomic E-state index is 12.8. The third-order valence-corrected chi connectivity index (χ3v) is 4.99. The summed E-state index contributed by atoms with van der Waals surface area (Å²) in [5.41, 5.74) is 1.74. The van der Waals surface area contributed by atoms with Crippen LogP contribution in [0.3, 0.4) is 0 Å². The largest absolute Gasteiger partial charge is 0.497 e. The Kier molecular flexibility index (Phi) is 6.66. The molecule has 154 valence electrons. The molecule has 0 bridgehead atoms. The van der Waals surface area contributed by atoms with E-state index in [0.29, 0.717) is 23.7 Å². The van der Waals surface area contributed by atoms with Crippen LogP contribution in [-0.4, -0.2) is 52.5 Å².